The van der Waals surface area contributed by atoms with Crippen molar-refractivity contribution in [1.29, 1.82) is 0 Å². The SMILES string of the molecule is CCCC(CC(=O)C1[C@H]2CCCC2CN1C(=O)C(NC(=O)[C@H](CC(=O)c1cnccn1)C(C)C)C(C)(C)C)C(=O)C(=O)C[C@@H](C)c1ccccc1. The molecule has 0 spiro atoms. The Balaban J connectivity index is 1.52. The van der Waals surface area contributed by atoms with Crippen molar-refractivity contribution in [3.8, 4) is 0 Å². The van der Waals surface area contributed by atoms with Gasteiger partial charge in [-0.05, 0) is 53.9 Å². The van der Waals surface area contributed by atoms with Gasteiger partial charge >= 0.3 is 0 Å². The lowest BCUT2D eigenvalue weighted by Crippen LogP contribution is -2.58. The van der Waals surface area contributed by atoms with Gasteiger partial charge in [0, 0.05) is 50.0 Å². The number of hydrogen-bond acceptors (Lipinski definition) is 8. The van der Waals surface area contributed by atoms with Crippen LogP contribution in [-0.4, -0.2) is 68.4 Å². The normalized spacial score (nSPS) is 21.0. The second-order valence-corrected chi connectivity index (χ2v) is 16.1. The third-order valence-corrected chi connectivity index (χ3v) is 10.9. The van der Waals surface area contributed by atoms with Crippen molar-refractivity contribution in [1.82, 2.24) is 20.2 Å². The number of nitrogens with zero attached hydrogens (tertiary/aromatic N) is 3. The zero-order valence-electron chi connectivity index (χ0n) is 31.4. The quantitative estimate of drug-likeness (QED) is 0.152. The van der Waals surface area contributed by atoms with E-state index >= 15 is 0 Å². The maximum Gasteiger partial charge on any atom is 0.246 e. The van der Waals surface area contributed by atoms with Crippen LogP contribution < -0.4 is 5.32 Å². The molecule has 7 atom stereocenters. The molecule has 1 aromatic heterocycles. The van der Waals surface area contributed by atoms with Crippen LogP contribution in [0.4, 0.5) is 0 Å². The summed E-state index contributed by atoms with van der Waals surface area (Å²) in [4.78, 5) is 92.3. The molecular formula is C41H56N4O6. The van der Waals surface area contributed by atoms with Gasteiger partial charge in [-0.1, -0.05) is 91.6 Å². The Kier molecular flexibility index (Phi) is 13.6. The molecule has 1 aliphatic carbocycles. The Morgan fingerprint density at radius 3 is 2.25 bits per heavy atom. The Morgan fingerprint density at radius 2 is 1.65 bits per heavy atom. The van der Waals surface area contributed by atoms with Gasteiger partial charge in [-0.15, -0.1) is 0 Å². The zero-order chi connectivity index (χ0) is 37.5. The van der Waals surface area contributed by atoms with Gasteiger partial charge in [0.25, 0.3) is 0 Å². The molecule has 1 N–H and O–H groups in total. The maximum absolute atomic E-state index is 14.6. The second kappa shape index (κ2) is 17.4. The highest BCUT2D eigenvalue weighted by Crippen LogP contribution is 2.44. The van der Waals surface area contributed by atoms with Crippen LogP contribution >= 0.6 is 0 Å². The van der Waals surface area contributed by atoms with Crippen LogP contribution in [0.25, 0.3) is 0 Å². The fourth-order valence-electron chi connectivity index (χ4n) is 7.93. The number of Topliss-reactive ketones (excluding diaryl/α,β-unsaturated/α-hetero) is 4. The average Bonchev–Trinajstić information content (AvgIpc) is 3.70. The molecule has 2 aliphatic rings. The summed E-state index contributed by atoms with van der Waals surface area (Å²) in [6, 6.07) is 7.91. The second-order valence-electron chi connectivity index (χ2n) is 16.1. The smallest absolute Gasteiger partial charge is 0.246 e. The Morgan fingerprint density at radius 1 is 0.941 bits per heavy atom. The third kappa shape index (κ3) is 9.83. The molecule has 4 rings (SSSR count). The molecule has 2 aromatic rings. The minimum absolute atomic E-state index is 0.0306. The van der Waals surface area contributed by atoms with Crippen molar-refractivity contribution in [2.75, 3.05) is 6.54 Å². The topological polar surface area (TPSA) is 143 Å². The van der Waals surface area contributed by atoms with Gasteiger partial charge in [0.2, 0.25) is 17.6 Å². The van der Waals surface area contributed by atoms with Crippen LogP contribution in [-0.2, 0) is 24.0 Å². The van der Waals surface area contributed by atoms with Crippen molar-refractivity contribution < 1.29 is 28.8 Å². The summed E-state index contributed by atoms with van der Waals surface area (Å²) < 4.78 is 0. The number of benzene rings is 1. The Hall–Kier alpha value is -4.08. The van der Waals surface area contributed by atoms with E-state index in [4.69, 9.17) is 0 Å². The number of nitrogens with one attached hydrogen (secondary N) is 1. The first-order valence-electron chi connectivity index (χ1n) is 18.7. The molecule has 0 bridgehead atoms. The highest BCUT2D eigenvalue weighted by atomic mass is 16.2. The lowest BCUT2D eigenvalue weighted by molar-refractivity contribution is -0.146. The molecule has 4 unspecified atom stereocenters. The third-order valence-electron chi connectivity index (χ3n) is 10.9. The molecule has 1 aromatic carbocycles. The molecule has 1 aliphatic heterocycles. The molecular weight excluding hydrogens is 644 g/mol. The number of likely N-dealkylation sites (tertiary alicyclic amines) is 1. The highest BCUT2D eigenvalue weighted by Gasteiger charge is 2.52. The summed E-state index contributed by atoms with van der Waals surface area (Å²) in [7, 11) is 0. The minimum Gasteiger partial charge on any atom is -0.344 e. The lowest BCUT2D eigenvalue weighted by atomic mass is 9.82. The first-order chi connectivity index (χ1) is 24.1. The van der Waals surface area contributed by atoms with Crippen molar-refractivity contribution in [2.45, 2.75) is 118 Å². The predicted molar refractivity (Wildman–Crippen MR) is 195 cm³/mol. The van der Waals surface area contributed by atoms with E-state index < -0.39 is 46.8 Å². The van der Waals surface area contributed by atoms with Crippen molar-refractivity contribution in [3.63, 3.8) is 0 Å². The van der Waals surface area contributed by atoms with E-state index in [1.165, 1.54) is 18.6 Å². The molecule has 1 saturated heterocycles. The molecule has 276 valence electrons. The summed E-state index contributed by atoms with van der Waals surface area (Å²) in [6.07, 6.45) is 7.89. The fourth-order valence-corrected chi connectivity index (χ4v) is 7.93. The fraction of sp³-hybridized carbons (Fsp3) is 0.610. The van der Waals surface area contributed by atoms with E-state index in [-0.39, 0.29) is 66.1 Å². The van der Waals surface area contributed by atoms with Gasteiger partial charge in [0.1, 0.15) is 11.7 Å². The van der Waals surface area contributed by atoms with Crippen molar-refractivity contribution in [3.05, 3.63) is 60.2 Å². The van der Waals surface area contributed by atoms with Crippen molar-refractivity contribution >= 4 is 34.9 Å². The molecule has 2 amide bonds. The number of aromatic nitrogens is 2. The summed E-state index contributed by atoms with van der Waals surface area (Å²) in [5, 5.41) is 2.99. The van der Waals surface area contributed by atoms with Crippen LogP contribution in [0.5, 0.6) is 0 Å². The molecule has 2 heterocycles. The van der Waals surface area contributed by atoms with Crippen LogP contribution in [0.15, 0.2) is 48.9 Å². The average molecular weight is 701 g/mol. The number of carbonyl (C=O) groups is 6. The molecule has 10 heteroatoms. The highest BCUT2D eigenvalue weighted by molar-refractivity contribution is 6.38. The van der Waals surface area contributed by atoms with E-state index in [2.05, 4.69) is 15.3 Å². The van der Waals surface area contributed by atoms with Crippen molar-refractivity contribution in [2.24, 2.45) is 35.0 Å². The molecule has 2 fully saturated rings. The lowest BCUT2D eigenvalue weighted by Gasteiger charge is -2.37. The van der Waals surface area contributed by atoms with Gasteiger partial charge < -0.3 is 10.2 Å². The first kappa shape index (κ1) is 39.7. The van der Waals surface area contributed by atoms with Gasteiger partial charge in [-0.25, -0.2) is 4.98 Å². The Labute approximate surface area is 303 Å². The number of hydrogen-bond donors (Lipinski definition) is 1. The summed E-state index contributed by atoms with van der Waals surface area (Å²) in [5.74, 6) is -3.89. The van der Waals surface area contributed by atoms with E-state index in [1.807, 2.05) is 78.8 Å². The largest absolute Gasteiger partial charge is 0.344 e. The van der Waals surface area contributed by atoms with Gasteiger partial charge in [0.15, 0.2) is 17.3 Å². The predicted octanol–water partition coefficient (Wildman–Crippen LogP) is 6.19. The minimum atomic E-state index is -0.957. The van der Waals surface area contributed by atoms with Gasteiger partial charge in [-0.2, -0.15) is 0 Å². The zero-order valence-corrected chi connectivity index (χ0v) is 31.4. The van der Waals surface area contributed by atoms with Crippen LogP contribution in [0.2, 0.25) is 0 Å². The molecule has 0 radical (unpaired) electrons. The molecule has 51 heavy (non-hydrogen) atoms. The van der Waals surface area contributed by atoms with Gasteiger partial charge in [0.05, 0.1) is 12.2 Å². The molecule has 1 saturated carbocycles. The number of ketones is 4. The van der Waals surface area contributed by atoms with Gasteiger partial charge in [-0.3, -0.25) is 33.8 Å². The monoisotopic (exact) mass is 700 g/mol. The van der Waals surface area contributed by atoms with E-state index in [0.29, 0.717) is 19.4 Å². The summed E-state index contributed by atoms with van der Waals surface area (Å²) in [6.45, 7) is 13.6. The van der Waals surface area contributed by atoms with E-state index in [1.54, 1.807) is 4.90 Å². The first-order valence-corrected chi connectivity index (χ1v) is 18.7. The molecule has 10 nitrogen and oxygen atoms in total. The maximum atomic E-state index is 14.6. The number of fused-ring (bicyclic) bond motifs is 1. The van der Waals surface area contributed by atoms with E-state index in [0.717, 1.165) is 24.8 Å². The van der Waals surface area contributed by atoms with Crippen LogP contribution in [0, 0.1) is 35.0 Å². The summed E-state index contributed by atoms with van der Waals surface area (Å²) in [5.41, 5.74) is 0.444. The van der Waals surface area contributed by atoms with Crippen LogP contribution in [0.3, 0.4) is 0 Å². The summed E-state index contributed by atoms with van der Waals surface area (Å²) >= 11 is 0. The number of carbonyl (C=O) groups excluding carboxylic acids is 6. The van der Waals surface area contributed by atoms with E-state index in [9.17, 15) is 28.8 Å². The number of rotatable bonds is 17. The van der Waals surface area contributed by atoms with Crippen LogP contribution in [0.1, 0.15) is 122 Å². The number of amides is 2. The standard InChI is InChI=1S/C41H56N4O6/c1-8-13-28(37(49)35(48)20-26(4)27-14-10-9-11-15-27)21-34(47)36-30-17-12-16-29(30)24-45(36)40(51)38(41(5,6)7)44-39(50)31(25(2)3)22-33(46)32-23-42-18-19-43-32/h9-11,14-15,18-19,23,25-26,28-31,36,38H,8,12-13,16-17,20-22,24H2,1-7H3,(H,44,50)/t26-,28?,29?,30+,31-,36?,38?/m1/s1. The Bertz CT molecular complexity index is 1550.